The van der Waals surface area contributed by atoms with Crippen LogP contribution in [0.2, 0.25) is 5.02 Å². The fraction of sp³-hybridized carbons (Fsp3) is 0.364. The fourth-order valence-corrected chi connectivity index (χ4v) is 4.47. The molecule has 0 saturated carbocycles. The number of hydrogen-bond donors (Lipinski definition) is 1. The zero-order chi connectivity index (χ0) is 24.1. The summed E-state index contributed by atoms with van der Waals surface area (Å²) in [5.74, 6) is -0.820. The lowest BCUT2D eigenvalue weighted by Crippen LogP contribution is -2.51. The summed E-state index contributed by atoms with van der Waals surface area (Å²) in [6.07, 6.45) is 1.03. The van der Waals surface area contributed by atoms with Crippen LogP contribution in [0.15, 0.2) is 46.9 Å². The monoisotopic (exact) mass is 543 g/mol. The Morgan fingerprint density at radius 2 is 1.78 bits per heavy atom. The molecule has 2 rings (SSSR count). The highest BCUT2D eigenvalue weighted by atomic mass is 79.9. The number of carbonyl (C=O) groups is 2. The summed E-state index contributed by atoms with van der Waals surface area (Å²) < 4.78 is 27.1. The third kappa shape index (κ3) is 6.95. The molecular formula is C22H27BrClN3O4S. The zero-order valence-electron chi connectivity index (χ0n) is 18.4. The van der Waals surface area contributed by atoms with Crippen molar-refractivity contribution in [3.8, 4) is 0 Å². The van der Waals surface area contributed by atoms with Crippen molar-refractivity contribution in [3.63, 3.8) is 0 Å². The van der Waals surface area contributed by atoms with E-state index in [1.54, 1.807) is 32.9 Å². The average Bonchev–Trinajstić information content (AvgIpc) is 2.72. The number of likely N-dealkylation sites (N-methyl/N-ethyl adjacent to an activating group) is 1. The minimum Gasteiger partial charge on any atom is -0.355 e. The number of amides is 2. The number of carbonyl (C=O) groups excluding carboxylic acids is 2. The third-order valence-electron chi connectivity index (χ3n) is 4.90. The minimum absolute atomic E-state index is 0.149. The Hall–Kier alpha value is -2.10. The van der Waals surface area contributed by atoms with Gasteiger partial charge in [0.15, 0.2) is 0 Å². The van der Waals surface area contributed by atoms with E-state index >= 15 is 0 Å². The molecule has 0 aliphatic carbocycles. The Kier molecular flexibility index (Phi) is 9.12. The molecule has 0 aliphatic rings. The molecule has 0 bridgehead atoms. The summed E-state index contributed by atoms with van der Waals surface area (Å²) in [6, 6.07) is 11.4. The molecule has 2 aromatic rings. The lowest BCUT2D eigenvalue weighted by Gasteiger charge is -2.32. The van der Waals surface area contributed by atoms with Gasteiger partial charge in [-0.25, -0.2) is 8.42 Å². The first kappa shape index (κ1) is 26.2. The lowest BCUT2D eigenvalue weighted by molar-refractivity contribution is -0.139. The third-order valence-corrected chi connectivity index (χ3v) is 6.79. The number of rotatable bonds is 9. The van der Waals surface area contributed by atoms with Crippen molar-refractivity contribution in [1.29, 1.82) is 0 Å². The molecule has 0 unspecified atom stereocenters. The van der Waals surface area contributed by atoms with Crippen LogP contribution in [0.4, 0.5) is 5.69 Å². The van der Waals surface area contributed by atoms with Crippen molar-refractivity contribution in [1.82, 2.24) is 10.2 Å². The first-order valence-corrected chi connectivity index (χ1v) is 13.0. The number of hydrogen-bond acceptors (Lipinski definition) is 4. The number of nitrogens with zero attached hydrogens (tertiary/aromatic N) is 2. The van der Waals surface area contributed by atoms with Gasteiger partial charge in [-0.3, -0.25) is 13.9 Å². The van der Waals surface area contributed by atoms with E-state index in [2.05, 4.69) is 21.2 Å². The summed E-state index contributed by atoms with van der Waals surface area (Å²) in [5, 5.41) is 3.07. The maximum Gasteiger partial charge on any atom is 0.244 e. The van der Waals surface area contributed by atoms with Crippen LogP contribution in [0.5, 0.6) is 0 Å². The van der Waals surface area contributed by atoms with Crippen LogP contribution in [-0.2, 0) is 26.2 Å². The van der Waals surface area contributed by atoms with Gasteiger partial charge < -0.3 is 10.2 Å². The molecular weight excluding hydrogens is 518 g/mol. The molecule has 0 aromatic heterocycles. The summed E-state index contributed by atoms with van der Waals surface area (Å²) >= 11 is 9.46. The van der Waals surface area contributed by atoms with E-state index in [-0.39, 0.29) is 12.5 Å². The molecule has 0 aliphatic heterocycles. The average molecular weight is 545 g/mol. The SMILES string of the molecule is CCNC(=O)[C@@H](C)N(Cc1ccc(Br)cc1)C(=O)CN(c1cc(Cl)ccc1C)S(C)(=O)=O. The summed E-state index contributed by atoms with van der Waals surface area (Å²) in [6.45, 7) is 5.26. The smallest absolute Gasteiger partial charge is 0.244 e. The number of anilines is 1. The Morgan fingerprint density at radius 3 is 2.34 bits per heavy atom. The molecule has 174 valence electrons. The van der Waals surface area contributed by atoms with E-state index in [0.29, 0.717) is 22.8 Å². The predicted molar refractivity (Wildman–Crippen MR) is 131 cm³/mol. The van der Waals surface area contributed by atoms with Gasteiger partial charge in [0.2, 0.25) is 21.8 Å². The van der Waals surface area contributed by atoms with E-state index in [4.69, 9.17) is 11.6 Å². The minimum atomic E-state index is -3.80. The first-order chi connectivity index (χ1) is 14.9. The standard InChI is InChI=1S/C22H27BrClN3O4S/c1-5-25-22(29)16(3)26(13-17-7-9-18(23)10-8-17)21(28)14-27(32(4,30)31)20-12-19(24)11-6-15(20)2/h6-12,16H,5,13-14H2,1-4H3,(H,25,29)/t16-/m1/s1. The van der Waals surface area contributed by atoms with Crippen LogP contribution in [-0.4, -0.2) is 50.5 Å². The fourth-order valence-electron chi connectivity index (χ4n) is 3.14. The van der Waals surface area contributed by atoms with Gasteiger partial charge in [-0.1, -0.05) is 45.7 Å². The van der Waals surface area contributed by atoms with Gasteiger partial charge in [0.05, 0.1) is 11.9 Å². The molecule has 0 spiro atoms. The van der Waals surface area contributed by atoms with Gasteiger partial charge in [0.1, 0.15) is 12.6 Å². The quantitative estimate of drug-likeness (QED) is 0.521. The second-order valence-electron chi connectivity index (χ2n) is 7.42. The number of aryl methyl sites for hydroxylation is 1. The van der Waals surface area contributed by atoms with Gasteiger partial charge in [-0.15, -0.1) is 0 Å². The Morgan fingerprint density at radius 1 is 1.16 bits per heavy atom. The molecule has 0 radical (unpaired) electrons. The van der Waals surface area contributed by atoms with Gasteiger partial charge in [-0.2, -0.15) is 0 Å². The van der Waals surface area contributed by atoms with Crippen LogP contribution in [0.25, 0.3) is 0 Å². The number of benzene rings is 2. The van der Waals surface area contributed by atoms with Crippen molar-refractivity contribution in [2.75, 3.05) is 23.7 Å². The summed E-state index contributed by atoms with van der Waals surface area (Å²) in [7, 11) is -3.80. The molecule has 0 fully saturated rings. The van der Waals surface area contributed by atoms with E-state index < -0.39 is 28.5 Å². The molecule has 2 aromatic carbocycles. The Bertz CT molecular complexity index is 1080. The Labute approximate surface area is 202 Å². The summed E-state index contributed by atoms with van der Waals surface area (Å²) in [5.41, 5.74) is 1.79. The maximum absolute atomic E-state index is 13.4. The van der Waals surface area contributed by atoms with Crippen molar-refractivity contribution >= 4 is 55.1 Å². The topological polar surface area (TPSA) is 86.8 Å². The highest BCUT2D eigenvalue weighted by Crippen LogP contribution is 2.26. The molecule has 1 atom stereocenters. The second kappa shape index (κ2) is 11.2. The number of halogens is 2. The van der Waals surface area contributed by atoms with Crippen LogP contribution in [0.3, 0.4) is 0 Å². The van der Waals surface area contributed by atoms with Crippen molar-refractivity contribution < 1.29 is 18.0 Å². The largest absolute Gasteiger partial charge is 0.355 e. The first-order valence-electron chi connectivity index (χ1n) is 9.99. The predicted octanol–water partition coefficient (Wildman–Crippen LogP) is 3.73. The number of sulfonamides is 1. The highest BCUT2D eigenvalue weighted by Gasteiger charge is 2.30. The van der Waals surface area contributed by atoms with E-state index in [9.17, 15) is 18.0 Å². The van der Waals surface area contributed by atoms with E-state index in [1.807, 2.05) is 24.3 Å². The van der Waals surface area contributed by atoms with Crippen molar-refractivity contribution in [2.24, 2.45) is 0 Å². The number of nitrogens with one attached hydrogen (secondary N) is 1. The van der Waals surface area contributed by atoms with Gasteiger partial charge in [0.25, 0.3) is 0 Å². The zero-order valence-corrected chi connectivity index (χ0v) is 21.6. The van der Waals surface area contributed by atoms with E-state index in [0.717, 1.165) is 20.6 Å². The van der Waals surface area contributed by atoms with Crippen LogP contribution in [0, 0.1) is 6.92 Å². The van der Waals surface area contributed by atoms with Crippen LogP contribution < -0.4 is 9.62 Å². The molecule has 0 saturated heterocycles. The lowest BCUT2D eigenvalue weighted by atomic mass is 10.1. The van der Waals surface area contributed by atoms with Gasteiger partial charge >= 0.3 is 0 Å². The molecule has 1 N–H and O–H groups in total. The van der Waals surface area contributed by atoms with Crippen molar-refractivity contribution in [3.05, 3.63) is 63.1 Å². The van der Waals surface area contributed by atoms with Gasteiger partial charge in [-0.05, 0) is 56.2 Å². The molecule has 10 heteroatoms. The summed E-state index contributed by atoms with van der Waals surface area (Å²) in [4.78, 5) is 27.3. The van der Waals surface area contributed by atoms with E-state index in [1.165, 1.54) is 11.0 Å². The second-order valence-corrected chi connectivity index (χ2v) is 10.7. The van der Waals surface area contributed by atoms with Crippen molar-refractivity contribution in [2.45, 2.75) is 33.4 Å². The molecule has 0 heterocycles. The van der Waals surface area contributed by atoms with Crippen LogP contribution in [0.1, 0.15) is 25.0 Å². The Balaban J connectivity index is 2.42. The maximum atomic E-state index is 13.4. The normalized spacial score (nSPS) is 12.2. The highest BCUT2D eigenvalue weighted by molar-refractivity contribution is 9.10. The van der Waals surface area contributed by atoms with Gasteiger partial charge in [0, 0.05) is 22.6 Å². The molecule has 32 heavy (non-hydrogen) atoms. The van der Waals surface area contributed by atoms with Crippen LogP contribution >= 0.6 is 27.5 Å². The molecule has 7 nitrogen and oxygen atoms in total. The molecule has 2 amide bonds.